The summed E-state index contributed by atoms with van der Waals surface area (Å²) in [6, 6.07) is 13.6. The van der Waals surface area contributed by atoms with Gasteiger partial charge >= 0.3 is 0 Å². The van der Waals surface area contributed by atoms with E-state index in [0.717, 1.165) is 21.5 Å². The third kappa shape index (κ3) is 3.71. The maximum absolute atomic E-state index is 5.69. The lowest BCUT2D eigenvalue weighted by atomic mass is 10.2. The van der Waals surface area contributed by atoms with Crippen LogP contribution < -0.4 is 10.1 Å². The monoisotopic (exact) mass is 373 g/mol. The fraction of sp³-hybridized carbons (Fsp3) is 0.176. The van der Waals surface area contributed by atoms with Gasteiger partial charge in [0, 0.05) is 15.7 Å². The van der Waals surface area contributed by atoms with Gasteiger partial charge < -0.3 is 14.5 Å². The molecule has 5 nitrogen and oxygen atoms in total. The van der Waals surface area contributed by atoms with Crippen molar-refractivity contribution in [1.29, 1.82) is 0 Å². The Hall–Kier alpha value is -2.34. The lowest BCUT2D eigenvalue weighted by Crippen LogP contribution is -2.00. The normalized spacial score (nSPS) is 10.6. The fourth-order valence-corrected chi connectivity index (χ4v) is 2.74. The number of nitrogens with one attached hydrogen (secondary N) is 1. The van der Waals surface area contributed by atoms with Gasteiger partial charge in [-0.15, -0.1) is 10.2 Å². The number of benzene rings is 2. The molecule has 0 spiro atoms. The first kappa shape index (κ1) is 15.6. The predicted molar refractivity (Wildman–Crippen MR) is 92.5 cm³/mol. The van der Waals surface area contributed by atoms with Crippen LogP contribution in [0.1, 0.15) is 11.5 Å². The van der Waals surface area contributed by atoms with Crippen LogP contribution >= 0.6 is 15.9 Å². The summed E-state index contributed by atoms with van der Waals surface area (Å²) in [6.07, 6.45) is 0. The number of hydrogen-bond acceptors (Lipinski definition) is 5. The van der Waals surface area contributed by atoms with Crippen molar-refractivity contribution in [2.75, 3.05) is 12.4 Å². The van der Waals surface area contributed by atoms with Gasteiger partial charge in [0.1, 0.15) is 5.75 Å². The molecule has 0 radical (unpaired) electrons. The van der Waals surface area contributed by atoms with Gasteiger partial charge in [-0.3, -0.25) is 0 Å². The van der Waals surface area contributed by atoms with Crippen LogP contribution in [0.15, 0.2) is 51.4 Å². The fourth-order valence-electron chi connectivity index (χ4n) is 2.11. The van der Waals surface area contributed by atoms with Crippen LogP contribution in [0.5, 0.6) is 5.75 Å². The van der Waals surface area contributed by atoms with Crippen LogP contribution in [0.25, 0.3) is 11.5 Å². The molecule has 23 heavy (non-hydrogen) atoms. The maximum Gasteiger partial charge on any atom is 0.247 e. The highest BCUT2D eigenvalue weighted by atomic mass is 79.9. The molecule has 0 amide bonds. The van der Waals surface area contributed by atoms with Gasteiger partial charge in [0.15, 0.2) is 0 Å². The van der Waals surface area contributed by atoms with Gasteiger partial charge in [0.25, 0.3) is 0 Å². The molecule has 0 fully saturated rings. The average Bonchev–Trinajstić information content (AvgIpc) is 3.03. The van der Waals surface area contributed by atoms with Crippen LogP contribution in [0.4, 0.5) is 5.69 Å². The van der Waals surface area contributed by atoms with Crippen molar-refractivity contribution >= 4 is 21.6 Å². The zero-order valence-corrected chi connectivity index (χ0v) is 14.4. The van der Waals surface area contributed by atoms with Gasteiger partial charge in [0.05, 0.1) is 13.7 Å². The molecule has 1 aromatic heterocycles. The second-order valence-electron chi connectivity index (χ2n) is 5.07. The van der Waals surface area contributed by atoms with Gasteiger partial charge in [-0.05, 0) is 64.8 Å². The number of rotatable bonds is 5. The molecule has 0 unspecified atom stereocenters. The van der Waals surface area contributed by atoms with Crippen molar-refractivity contribution in [2.24, 2.45) is 0 Å². The van der Waals surface area contributed by atoms with Gasteiger partial charge in [0.2, 0.25) is 11.8 Å². The molecule has 3 rings (SSSR count). The quantitative estimate of drug-likeness (QED) is 0.716. The van der Waals surface area contributed by atoms with Crippen molar-refractivity contribution in [3.8, 4) is 17.2 Å². The summed E-state index contributed by atoms with van der Waals surface area (Å²) in [6.45, 7) is 2.51. The van der Waals surface area contributed by atoms with E-state index >= 15 is 0 Å². The zero-order chi connectivity index (χ0) is 16.2. The number of nitrogens with zero attached hydrogens (tertiary/aromatic N) is 2. The molecule has 118 valence electrons. The molecule has 0 aliphatic rings. The minimum absolute atomic E-state index is 0.463. The molecule has 3 aromatic rings. The molecule has 2 aromatic carbocycles. The molecule has 0 aliphatic heterocycles. The van der Waals surface area contributed by atoms with Crippen LogP contribution in [0, 0.1) is 6.92 Å². The molecule has 0 bridgehead atoms. The minimum Gasteiger partial charge on any atom is -0.497 e. The van der Waals surface area contributed by atoms with Crippen molar-refractivity contribution < 1.29 is 9.15 Å². The standard InChI is InChI=1S/C17H16BrN3O2/c1-11-3-8-15(14(18)9-11)19-10-16-20-21-17(23-16)12-4-6-13(22-2)7-5-12/h3-9,19H,10H2,1-2H3. The van der Waals surface area contributed by atoms with E-state index in [4.69, 9.17) is 9.15 Å². The van der Waals surface area contributed by atoms with Gasteiger partial charge in [-0.25, -0.2) is 0 Å². The lowest BCUT2D eigenvalue weighted by molar-refractivity contribution is 0.415. The highest BCUT2D eigenvalue weighted by molar-refractivity contribution is 9.10. The Labute approximate surface area is 142 Å². The van der Waals surface area contributed by atoms with Crippen molar-refractivity contribution in [3.05, 3.63) is 58.4 Å². The number of methoxy groups -OCH3 is 1. The predicted octanol–water partition coefficient (Wildman–Crippen LogP) is 4.43. The number of anilines is 1. The SMILES string of the molecule is COc1ccc(-c2nnc(CNc3ccc(C)cc3Br)o2)cc1. The molecule has 0 aliphatic carbocycles. The number of ether oxygens (including phenoxy) is 1. The average molecular weight is 374 g/mol. The highest BCUT2D eigenvalue weighted by Crippen LogP contribution is 2.25. The van der Waals surface area contributed by atoms with E-state index in [1.807, 2.05) is 43.3 Å². The van der Waals surface area contributed by atoms with Crippen LogP contribution in [0.2, 0.25) is 0 Å². The van der Waals surface area contributed by atoms with Crippen LogP contribution in [-0.2, 0) is 6.54 Å². The Morgan fingerprint density at radius 2 is 1.91 bits per heavy atom. The van der Waals surface area contributed by atoms with E-state index in [1.165, 1.54) is 5.56 Å². The Morgan fingerprint density at radius 3 is 2.61 bits per heavy atom. The van der Waals surface area contributed by atoms with E-state index in [9.17, 15) is 0 Å². The highest BCUT2D eigenvalue weighted by Gasteiger charge is 2.09. The summed E-state index contributed by atoms with van der Waals surface area (Å²) >= 11 is 3.54. The van der Waals surface area contributed by atoms with Crippen LogP contribution in [-0.4, -0.2) is 17.3 Å². The Morgan fingerprint density at radius 1 is 1.13 bits per heavy atom. The smallest absolute Gasteiger partial charge is 0.247 e. The first-order chi connectivity index (χ1) is 11.2. The van der Waals surface area contributed by atoms with Gasteiger partial charge in [-0.1, -0.05) is 6.07 Å². The summed E-state index contributed by atoms with van der Waals surface area (Å²) in [5.41, 5.74) is 3.04. The largest absolute Gasteiger partial charge is 0.497 e. The van der Waals surface area contributed by atoms with Crippen molar-refractivity contribution in [1.82, 2.24) is 10.2 Å². The number of aryl methyl sites for hydroxylation is 1. The molecule has 0 atom stereocenters. The third-order valence-electron chi connectivity index (χ3n) is 3.36. The lowest BCUT2D eigenvalue weighted by Gasteiger charge is -2.06. The van der Waals surface area contributed by atoms with Crippen molar-refractivity contribution in [2.45, 2.75) is 13.5 Å². The second-order valence-corrected chi connectivity index (χ2v) is 5.92. The summed E-state index contributed by atoms with van der Waals surface area (Å²) in [5.74, 6) is 1.81. The summed E-state index contributed by atoms with van der Waals surface area (Å²) < 4.78 is 11.8. The first-order valence-corrected chi connectivity index (χ1v) is 7.92. The van der Waals surface area contributed by atoms with E-state index in [-0.39, 0.29) is 0 Å². The molecular weight excluding hydrogens is 358 g/mol. The molecule has 0 saturated carbocycles. The van der Waals surface area contributed by atoms with Crippen LogP contribution in [0.3, 0.4) is 0 Å². The second kappa shape index (κ2) is 6.83. The van der Waals surface area contributed by atoms with E-state index in [1.54, 1.807) is 7.11 Å². The maximum atomic E-state index is 5.69. The number of halogens is 1. The van der Waals surface area contributed by atoms with Crippen molar-refractivity contribution in [3.63, 3.8) is 0 Å². The molecule has 1 N–H and O–H groups in total. The Bertz CT molecular complexity index is 800. The summed E-state index contributed by atoms with van der Waals surface area (Å²) in [7, 11) is 1.63. The Balaban J connectivity index is 1.69. The van der Waals surface area contributed by atoms with E-state index in [2.05, 4.69) is 37.5 Å². The number of hydrogen-bond donors (Lipinski definition) is 1. The molecule has 6 heteroatoms. The molecular formula is C17H16BrN3O2. The van der Waals surface area contributed by atoms with E-state index < -0.39 is 0 Å². The first-order valence-electron chi connectivity index (χ1n) is 7.12. The van der Waals surface area contributed by atoms with E-state index in [0.29, 0.717) is 18.3 Å². The topological polar surface area (TPSA) is 60.2 Å². The zero-order valence-electron chi connectivity index (χ0n) is 12.8. The van der Waals surface area contributed by atoms with Gasteiger partial charge in [-0.2, -0.15) is 0 Å². The Kier molecular flexibility index (Phi) is 4.62. The summed E-state index contributed by atoms with van der Waals surface area (Å²) in [5, 5.41) is 11.4. The number of aromatic nitrogens is 2. The molecule has 0 saturated heterocycles. The molecule has 1 heterocycles. The minimum atomic E-state index is 0.463. The summed E-state index contributed by atoms with van der Waals surface area (Å²) in [4.78, 5) is 0. The third-order valence-corrected chi connectivity index (χ3v) is 4.01.